The molecule has 3 unspecified atom stereocenters. The van der Waals surface area contributed by atoms with Crippen LogP contribution in [0, 0.1) is 5.82 Å². The maximum absolute atomic E-state index is 14.1. The first-order valence-corrected chi connectivity index (χ1v) is 9.26. The largest absolute Gasteiger partial charge is 0.497 e. The molecule has 9 heteroatoms. The Balaban J connectivity index is 1.65. The molecule has 0 spiro atoms. The molecule has 2 fully saturated rings. The minimum atomic E-state index is -0.503. The molecule has 4 atom stereocenters. The number of ether oxygens (including phenoxy) is 1. The summed E-state index contributed by atoms with van der Waals surface area (Å²) in [5.41, 5.74) is 0.378. The smallest absolute Gasteiger partial charge is 0.318 e. The van der Waals surface area contributed by atoms with Crippen LogP contribution in [0.15, 0.2) is 18.2 Å². The van der Waals surface area contributed by atoms with E-state index in [0.717, 1.165) is 0 Å². The molecule has 1 aromatic rings. The summed E-state index contributed by atoms with van der Waals surface area (Å²) in [6.07, 6.45) is 0. The summed E-state index contributed by atoms with van der Waals surface area (Å²) in [7, 11) is 1.46. The SMILES string of the molecule is COc1ccc([C@@H](C)NC(=O)C2CN3C(=O)NCC(Cl)C3S2)c(F)c1. The van der Waals surface area contributed by atoms with Crippen molar-refractivity contribution in [1.82, 2.24) is 15.5 Å². The number of methoxy groups -OCH3 is 1. The van der Waals surface area contributed by atoms with Crippen molar-refractivity contribution < 1.29 is 18.7 Å². The number of halogens is 2. The van der Waals surface area contributed by atoms with E-state index in [2.05, 4.69) is 10.6 Å². The Labute approximate surface area is 154 Å². The summed E-state index contributed by atoms with van der Waals surface area (Å²) in [5, 5.41) is 4.60. The van der Waals surface area contributed by atoms with Crippen LogP contribution in [-0.4, -0.2) is 53.0 Å². The number of thioether (sulfide) groups is 1. The lowest BCUT2D eigenvalue weighted by molar-refractivity contribution is -0.121. The molecule has 0 aromatic heterocycles. The molecule has 3 amide bonds. The fourth-order valence-electron chi connectivity index (χ4n) is 2.95. The van der Waals surface area contributed by atoms with Crippen molar-refractivity contribution in [2.45, 2.75) is 29.0 Å². The molecule has 0 radical (unpaired) electrons. The number of benzene rings is 1. The monoisotopic (exact) mass is 387 g/mol. The lowest BCUT2D eigenvalue weighted by Gasteiger charge is -2.32. The first kappa shape index (κ1) is 18.1. The predicted molar refractivity (Wildman–Crippen MR) is 94.4 cm³/mol. The molecule has 2 saturated heterocycles. The summed E-state index contributed by atoms with van der Waals surface area (Å²) < 4.78 is 19.1. The van der Waals surface area contributed by atoms with Crippen LogP contribution >= 0.6 is 23.4 Å². The molecule has 25 heavy (non-hydrogen) atoms. The normalized spacial score (nSPS) is 26.6. The summed E-state index contributed by atoms with van der Waals surface area (Å²) in [4.78, 5) is 26.0. The van der Waals surface area contributed by atoms with Crippen molar-refractivity contribution in [1.29, 1.82) is 0 Å². The number of amides is 3. The topological polar surface area (TPSA) is 70.7 Å². The van der Waals surface area contributed by atoms with Gasteiger partial charge in [-0.3, -0.25) is 4.79 Å². The first-order chi connectivity index (χ1) is 11.9. The van der Waals surface area contributed by atoms with Crippen molar-refractivity contribution in [2.75, 3.05) is 20.2 Å². The number of nitrogens with zero attached hydrogens (tertiary/aromatic N) is 1. The second-order valence-electron chi connectivity index (χ2n) is 5.99. The summed E-state index contributed by atoms with van der Waals surface area (Å²) in [6, 6.07) is 3.81. The highest BCUT2D eigenvalue weighted by molar-refractivity contribution is 8.01. The zero-order valence-electron chi connectivity index (χ0n) is 13.8. The molecule has 136 valence electrons. The highest BCUT2D eigenvalue weighted by Gasteiger charge is 2.45. The average molecular weight is 388 g/mol. The minimum Gasteiger partial charge on any atom is -0.497 e. The Bertz CT molecular complexity index is 693. The van der Waals surface area contributed by atoms with Crippen LogP contribution < -0.4 is 15.4 Å². The van der Waals surface area contributed by atoms with Crippen molar-refractivity contribution in [3.05, 3.63) is 29.6 Å². The second kappa shape index (κ2) is 7.29. The second-order valence-corrected chi connectivity index (χ2v) is 7.87. The van der Waals surface area contributed by atoms with Gasteiger partial charge < -0.3 is 20.3 Å². The summed E-state index contributed by atoms with van der Waals surface area (Å²) in [6.45, 7) is 2.39. The molecular formula is C16H19ClFN3O3S. The number of alkyl halides is 1. The maximum Gasteiger partial charge on any atom is 0.318 e. The number of fused-ring (bicyclic) bond motifs is 1. The zero-order valence-corrected chi connectivity index (χ0v) is 15.4. The van der Waals surface area contributed by atoms with Crippen LogP contribution in [0.25, 0.3) is 0 Å². The van der Waals surface area contributed by atoms with Gasteiger partial charge in [0.2, 0.25) is 5.91 Å². The molecule has 2 aliphatic rings. The van der Waals surface area contributed by atoms with E-state index in [9.17, 15) is 14.0 Å². The number of carbonyl (C=O) groups excluding carboxylic acids is 2. The van der Waals surface area contributed by atoms with E-state index < -0.39 is 17.1 Å². The first-order valence-electron chi connectivity index (χ1n) is 7.88. The maximum atomic E-state index is 14.1. The number of hydrogen-bond acceptors (Lipinski definition) is 4. The van der Waals surface area contributed by atoms with Gasteiger partial charge >= 0.3 is 6.03 Å². The molecule has 2 heterocycles. The number of carbonyl (C=O) groups is 2. The van der Waals surface area contributed by atoms with Crippen LogP contribution in [0.1, 0.15) is 18.5 Å². The third-order valence-electron chi connectivity index (χ3n) is 4.32. The van der Waals surface area contributed by atoms with Crippen molar-refractivity contribution in [2.24, 2.45) is 0 Å². The molecular weight excluding hydrogens is 369 g/mol. The van der Waals surface area contributed by atoms with Gasteiger partial charge in [0.05, 0.1) is 23.9 Å². The number of hydrogen-bond donors (Lipinski definition) is 2. The van der Waals surface area contributed by atoms with Crippen molar-refractivity contribution in [3.8, 4) is 5.75 Å². The highest BCUT2D eigenvalue weighted by atomic mass is 35.5. The molecule has 0 aliphatic carbocycles. The van der Waals surface area contributed by atoms with Crippen LogP contribution in [0.5, 0.6) is 5.75 Å². The standard InChI is InChI=1S/C16H19ClFN3O3S/c1-8(10-4-3-9(24-2)5-12(10)18)20-14(22)13-7-21-15(25-13)11(17)6-19-16(21)23/h3-5,8,11,13,15H,6-7H2,1-2H3,(H,19,23)(H,20,22)/t8-,11?,13?,15?/m1/s1. The summed E-state index contributed by atoms with van der Waals surface area (Å²) >= 11 is 7.60. The summed E-state index contributed by atoms with van der Waals surface area (Å²) in [5.74, 6) is -0.259. The Kier molecular flexibility index (Phi) is 5.29. The van der Waals surface area contributed by atoms with Crippen LogP contribution in [0.3, 0.4) is 0 Å². The minimum absolute atomic E-state index is 0.209. The van der Waals surface area contributed by atoms with E-state index in [4.69, 9.17) is 16.3 Å². The van der Waals surface area contributed by atoms with Gasteiger partial charge in [0, 0.05) is 24.7 Å². The molecule has 2 aliphatic heterocycles. The number of nitrogens with one attached hydrogen (secondary N) is 2. The molecule has 2 N–H and O–H groups in total. The van der Waals surface area contributed by atoms with E-state index >= 15 is 0 Å². The lowest BCUT2D eigenvalue weighted by atomic mass is 10.1. The van der Waals surface area contributed by atoms with Gasteiger partial charge in [-0.25, -0.2) is 9.18 Å². The van der Waals surface area contributed by atoms with Gasteiger partial charge in [0.25, 0.3) is 0 Å². The third kappa shape index (κ3) is 3.64. The van der Waals surface area contributed by atoms with E-state index in [0.29, 0.717) is 17.9 Å². The van der Waals surface area contributed by atoms with E-state index in [-0.39, 0.29) is 29.2 Å². The molecule has 0 saturated carbocycles. The van der Waals surface area contributed by atoms with Crippen molar-refractivity contribution in [3.63, 3.8) is 0 Å². The quantitative estimate of drug-likeness (QED) is 0.776. The van der Waals surface area contributed by atoms with Crippen LogP contribution in [0.4, 0.5) is 9.18 Å². The average Bonchev–Trinajstić information content (AvgIpc) is 3.04. The molecule has 0 bridgehead atoms. The highest BCUT2D eigenvalue weighted by Crippen LogP contribution is 2.36. The van der Waals surface area contributed by atoms with E-state index in [1.165, 1.54) is 24.9 Å². The van der Waals surface area contributed by atoms with E-state index in [1.807, 2.05) is 0 Å². The lowest BCUT2D eigenvalue weighted by Crippen LogP contribution is -2.54. The van der Waals surface area contributed by atoms with Crippen LogP contribution in [0.2, 0.25) is 0 Å². The fraction of sp³-hybridized carbons (Fsp3) is 0.500. The Morgan fingerprint density at radius 2 is 2.32 bits per heavy atom. The van der Waals surface area contributed by atoms with Gasteiger partial charge in [0.15, 0.2) is 0 Å². The van der Waals surface area contributed by atoms with Gasteiger partial charge in [0.1, 0.15) is 16.8 Å². The van der Waals surface area contributed by atoms with Gasteiger partial charge in [-0.05, 0) is 13.0 Å². The van der Waals surface area contributed by atoms with Gasteiger partial charge in [-0.2, -0.15) is 0 Å². The third-order valence-corrected chi connectivity index (χ3v) is 6.41. The van der Waals surface area contributed by atoms with E-state index in [1.54, 1.807) is 24.0 Å². The Morgan fingerprint density at radius 3 is 2.96 bits per heavy atom. The van der Waals surface area contributed by atoms with Crippen LogP contribution in [-0.2, 0) is 4.79 Å². The van der Waals surface area contributed by atoms with Gasteiger partial charge in [-0.1, -0.05) is 6.07 Å². The Hall–Kier alpha value is -1.67. The zero-order chi connectivity index (χ0) is 18.1. The number of urea groups is 1. The van der Waals surface area contributed by atoms with Gasteiger partial charge in [-0.15, -0.1) is 23.4 Å². The predicted octanol–water partition coefficient (Wildman–Crippen LogP) is 2.09. The molecule has 1 aromatic carbocycles. The molecule has 6 nitrogen and oxygen atoms in total. The fourth-order valence-corrected chi connectivity index (χ4v) is 4.71. The Morgan fingerprint density at radius 1 is 1.56 bits per heavy atom. The van der Waals surface area contributed by atoms with Crippen molar-refractivity contribution >= 4 is 35.3 Å². The number of rotatable bonds is 4. The molecule has 3 rings (SSSR count).